The van der Waals surface area contributed by atoms with Gasteiger partial charge in [0.05, 0.1) is 23.0 Å². The van der Waals surface area contributed by atoms with Crippen molar-refractivity contribution in [3.8, 4) is 11.1 Å². The molecule has 4 rings (SSSR count). The van der Waals surface area contributed by atoms with Crippen molar-refractivity contribution in [2.45, 2.75) is 52.5 Å². The highest BCUT2D eigenvalue weighted by molar-refractivity contribution is 7.89. The van der Waals surface area contributed by atoms with Gasteiger partial charge in [0.2, 0.25) is 10.0 Å². The monoisotopic (exact) mass is 524 g/mol. The number of benzene rings is 3. The van der Waals surface area contributed by atoms with Crippen LogP contribution in [0.25, 0.3) is 11.1 Å². The van der Waals surface area contributed by atoms with Crippen molar-refractivity contribution in [2.24, 2.45) is 5.41 Å². The summed E-state index contributed by atoms with van der Waals surface area (Å²) in [4.78, 5) is 12.4. The summed E-state index contributed by atoms with van der Waals surface area (Å²) in [5, 5.41) is 4.00. The Balaban J connectivity index is 1.66. The largest absolute Gasteiger partial charge is 0.376 e. The lowest BCUT2D eigenvalue weighted by atomic mass is 9.72. The first-order valence-corrected chi connectivity index (χ1v) is 14.2. The number of hydrogen-bond acceptors (Lipinski definition) is 4. The minimum Gasteiger partial charge on any atom is -0.376 e. The van der Waals surface area contributed by atoms with Gasteiger partial charge in [-0.3, -0.25) is 4.79 Å². The molecule has 0 bridgehead atoms. The predicted octanol–water partition coefficient (Wildman–Crippen LogP) is 6.73. The van der Waals surface area contributed by atoms with Gasteiger partial charge in [-0.05, 0) is 63.3 Å². The lowest BCUT2D eigenvalue weighted by Crippen LogP contribution is -2.35. The van der Waals surface area contributed by atoms with Gasteiger partial charge in [0.15, 0.2) is 0 Å². The number of rotatable bonds is 4. The first-order valence-electron chi connectivity index (χ1n) is 12.0. The van der Waals surface area contributed by atoms with Gasteiger partial charge < -0.3 is 5.32 Å². The molecule has 0 saturated heterocycles. The fraction of sp³-hybridized carbons (Fsp3) is 0.345. The van der Waals surface area contributed by atoms with Gasteiger partial charge in [-0.2, -0.15) is 0 Å². The van der Waals surface area contributed by atoms with E-state index in [0.29, 0.717) is 11.4 Å². The number of hydrogen-bond donors (Lipinski definition) is 2. The molecule has 1 aliphatic heterocycles. The summed E-state index contributed by atoms with van der Waals surface area (Å²) in [7, 11) is -3.67. The number of nitrogens with one attached hydrogen (secondary N) is 2. The average Bonchev–Trinajstić information content (AvgIpc) is 2.76. The normalized spacial score (nSPS) is 17.1. The second kappa shape index (κ2) is 9.24. The van der Waals surface area contributed by atoms with Crippen LogP contribution in [0.2, 0.25) is 5.02 Å². The molecular weight excluding hydrogens is 492 g/mol. The van der Waals surface area contributed by atoms with E-state index in [9.17, 15) is 13.2 Å². The van der Waals surface area contributed by atoms with Crippen molar-refractivity contribution in [3.63, 3.8) is 0 Å². The highest BCUT2D eigenvalue weighted by atomic mass is 35.5. The zero-order valence-electron chi connectivity index (χ0n) is 21.6. The molecule has 0 fully saturated rings. The second-order valence-corrected chi connectivity index (χ2v) is 13.5. The quantitative estimate of drug-likeness (QED) is 0.397. The number of fused-ring (bicyclic) bond motifs is 1. The van der Waals surface area contributed by atoms with E-state index in [1.807, 2.05) is 4.72 Å². The van der Waals surface area contributed by atoms with E-state index in [1.165, 1.54) is 17.2 Å². The first kappa shape index (κ1) is 26.2. The van der Waals surface area contributed by atoms with Crippen LogP contribution in [-0.2, 0) is 21.9 Å². The Hall–Kier alpha value is -2.83. The van der Waals surface area contributed by atoms with Crippen LogP contribution < -0.4 is 10.0 Å². The summed E-state index contributed by atoms with van der Waals surface area (Å²) in [6.07, 6.45) is 1.62. The topological polar surface area (TPSA) is 75.3 Å². The van der Waals surface area contributed by atoms with E-state index in [0.717, 1.165) is 28.6 Å². The molecule has 0 saturated carbocycles. The van der Waals surface area contributed by atoms with Crippen LogP contribution in [-0.4, -0.2) is 20.6 Å². The summed E-state index contributed by atoms with van der Waals surface area (Å²) >= 11 is 6.60. The lowest BCUT2D eigenvalue weighted by molar-refractivity contribution is 0.0981. The van der Waals surface area contributed by atoms with Crippen molar-refractivity contribution in [1.82, 2.24) is 4.72 Å². The second-order valence-electron chi connectivity index (χ2n) is 11.4. The minimum absolute atomic E-state index is 0.00741. The van der Waals surface area contributed by atoms with Crippen LogP contribution in [0.15, 0.2) is 60.7 Å². The molecule has 1 amide bonds. The Kier molecular flexibility index (Phi) is 6.73. The average molecular weight is 525 g/mol. The van der Waals surface area contributed by atoms with Gasteiger partial charge in [0, 0.05) is 5.56 Å². The van der Waals surface area contributed by atoms with E-state index in [2.05, 4.69) is 88.5 Å². The Bertz CT molecular complexity index is 1420. The molecule has 0 aliphatic carbocycles. The van der Waals surface area contributed by atoms with E-state index in [-0.39, 0.29) is 22.4 Å². The number of amides is 1. The van der Waals surface area contributed by atoms with Gasteiger partial charge in [-0.1, -0.05) is 88.7 Å². The Labute approximate surface area is 219 Å². The highest BCUT2D eigenvalue weighted by Crippen LogP contribution is 2.47. The molecule has 2 N–H and O–H groups in total. The van der Waals surface area contributed by atoms with Gasteiger partial charge in [-0.15, -0.1) is 0 Å². The van der Waals surface area contributed by atoms with Crippen molar-refractivity contribution < 1.29 is 13.2 Å². The molecule has 3 aromatic rings. The summed E-state index contributed by atoms with van der Waals surface area (Å²) < 4.78 is 25.0. The molecule has 0 aromatic heterocycles. The maximum atomic E-state index is 12.4. The van der Waals surface area contributed by atoms with Crippen LogP contribution in [0, 0.1) is 5.41 Å². The van der Waals surface area contributed by atoms with Gasteiger partial charge >= 0.3 is 0 Å². The minimum atomic E-state index is -3.67. The number of anilines is 1. The summed E-state index contributed by atoms with van der Waals surface area (Å²) in [6, 6.07) is 20.5. The van der Waals surface area contributed by atoms with Crippen LogP contribution in [0.5, 0.6) is 0 Å². The first-order chi connectivity index (χ1) is 16.6. The maximum Gasteiger partial charge on any atom is 0.264 e. The third kappa shape index (κ3) is 5.60. The molecule has 7 heteroatoms. The molecule has 1 aliphatic rings. The standard InChI is InChI=1S/C29H33ClN2O3S/c1-28(2,3)23-12-10-18(11-13-23)19-8-7-9-20(14-19)26-29(4,5)17-22-15-21(16-24(30)25(22)31-26)27(33)32-36(6,34)35/h7-16,26,31H,17H2,1-6H3,(H,32,33). The molecule has 3 aromatic carbocycles. The summed E-state index contributed by atoms with van der Waals surface area (Å²) in [5.41, 5.74) is 6.56. The van der Waals surface area contributed by atoms with Crippen molar-refractivity contribution in [2.75, 3.05) is 11.6 Å². The fourth-order valence-electron chi connectivity index (χ4n) is 4.85. The van der Waals surface area contributed by atoms with E-state index in [4.69, 9.17) is 11.6 Å². The van der Waals surface area contributed by atoms with Crippen LogP contribution in [0.3, 0.4) is 0 Å². The smallest absolute Gasteiger partial charge is 0.264 e. The van der Waals surface area contributed by atoms with Crippen molar-refractivity contribution >= 4 is 33.2 Å². The van der Waals surface area contributed by atoms with Gasteiger partial charge in [0.1, 0.15) is 0 Å². The molecule has 5 nitrogen and oxygen atoms in total. The number of carbonyl (C=O) groups excluding carboxylic acids is 1. The Morgan fingerprint density at radius 2 is 1.69 bits per heavy atom. The molecule has 0 radical (unpaired) electrons. The highest BCUT2D eigenvalue weighted by Gasteiger charge is 2.37. The SMILES string of the molecule is CC(C)(C)c1ccc(-c2cccc(C3Nc4c(Cl)cc(C(=O)NS(C)(=O)=O)cc4CC3(C)C)c2)cc1. The fourth-order valence-corrected chi connectivity index (χ4v) is 5.60. The summed E-state index contributed by atoms with van der Waals surface area (Å²) in [5.74, 6) is -0.688. The summed E-state index contributed by atoms with van der Waals surface area (Å²) in [6.45, 7) is 11.0. The van der Waals surface area contributed by atoms with Crippen LogP contribution in [0.1, 0.15) is 67.7 Å². The van der Waals surface area contributed by atoms with Crippen LogP contribution >= 0.6 is 11.6 Å². The molecule has 190 valence electrons. The molecular formula is C29H33ClN2O3S. The zero-order valence-corrected chi connectivity index (χ0v) is 23.1. The van der Waals surface area contributed by atoms with E-state index >= 15 is 0 Å². The maximum absolute atomic E-state index is 12.4. The Morgan fingerprint density at radius 1 is 1.03 bits per heavy atom. The number of carbonyl (C=O) groups is 1. The number of sulfonamides is 1. The van der Waals surface area contributed by atoms with Gasteiger partial charge in [0.25, 0.3) is 5.91 Å². The third-order valence-corrected chi connectivity index (χ3v) is 7.59. The molecule has 1 heterocycles. The van der Waals surface area contributed by atoms with E-state index in [1.54, 1.807) is 6.07 Å². The van der Waals surface area contributed by atoms with Gasteiger partial charge in [-0.25, -0.2) is 13.1 Å². The zero-order chi connectivity index (χ0) is 26.5. The molecule has 36 heavy (non-hydrogen) atoms. The molecule has 1 unspecified atom stereocenters. The lowest BCUT2D eigenvalue weighted by Gasteiger charge is -2.42. The van der Waals surface area contributed by atoms with E-state index < -0.39 is 15.9 Å². The Morgan fingerprint density at radius 3 is 2.31 bits per heavy atom. The number of halogens is 1. The van der Waals surface area contributed by atoms with Crippen LogP contribution in [0.4, 0.5) is 5.69 Å². The molecule has 0 spiro atoms. The third-order valence-electron chi connectivity index (χ3n) is 6.73. The van der Waals surface area contributed by atoms with Crippen molar-refractivity contribution in [1.29, 1.82) is 0 Å². The molecule has 1 atom stereocenters. The predicted molar refractivity (Wildman–Crippen MR) is 148 cm³/mol. The van der Waals surface area contributed by atoms with Crippen molar-refractivity contribution in [3.05, 3.63) is 87.9 Å².